The van der Waals surface area contributed by atoms with Crippen molar-refractivity contribution in [3.63, 3.8) is 0 Å². The Morgan fingerprint density at radius 3 is 2.19 bits per heavy atom. The van der Waals surface area contributed by atoms with Crippen molar-refractivity contribution in [2.75, 3.05) is 12.4 Å². The molecule has 0 radical (unpaired) electrons. The van der Waals surface area contributed by atoms with Gasteiger partial charge in [-0.05, 0) is 55.3 Å². The lowest BCUT2D eigenvalue weighted by molar-refractivity contribution is 0.0926. The summed E-state index contributed by atoms with van der Waals surface area (Å²) in [6.07, 6.45) is 5.65. The van der Waals surface area contributed by atoms with Crippen LogP contribution >= 0.6 is 11.6 Å². The summed E-state index contributed by atoms with van der Waals surface area (Å²) < 4.78 is 5.10. The van der Waals surface area contributed by atoms with Crippen molar-refractivity contribution in [2.45, 2.75) is 38.1 Å². The molecule has 0 atom stereocenters. The highest BCUT2D eigenvalue weighted by Crippen LogP contribution is 2.27. The minimum absolute atomic E-state index is 0.0872. The lowest BCUT2D eigenvalue weighted by Gasteiger charge is -2.22. The van der Waals surface area contributed by atoms with Crippen molar-refractivity contribution in [1.29, 1.82) is 0 Å². The molecule has 0 heterocycles. The van der Waals surface area contributed by atoms with Gasteiger partial charge in [0, 0.05) is 22.9 Å². The summed E-state index contributed by atoms with van der Waals surface area (Å²) >= 11 is 6.07. The van der Waals surface area contributed by atoms with Crippen LogP contribution in [0.4, 0.5) is 5.69 Å². The maximum Gasteiger partial charge on any atom is 0.255 e. The number of methoxy groups -OCH3 is 1. The number of anilines is 1. The molecule has 0 bridgehead atoms. The molecule has 1 aliphatic carbocycles. The highest BCUT2D eigenvalue weighted by molar-refractivity contribution is 6.32. The Bertz CT molecular complexity index is 815. The molecule has 27 heavy (non-hydrogen) atoms. The van der Waals surface area contributed by atoms with Crippen LogP contribution in [0, 0.1) is 0 Å². The van der Waals surface area contributed by atoms with Gasteiger partial charge in [-0.25, -0.2) is 0 Å². The fraction of sp³-hybridized carbons (Fsp3) is 0.333. The van der Waals surface area contributed by atoms with Gasteiger partial charge >= 0.3 is 0 Å². The molecule has 1 aliphatic rings. The van der Waals surface area contributed by atoms with Crippen LogP contribution in [0.25, 0.3) is 0 Å². The second-order valence-corrected chi connectivity index (χ2v) is 7.10. The Hall–Kier alpha value is -2.53. The van der Waals surface area contributed by atoms with Gasteiger partial charge in [-0.2, -0.15) is 0 Å². The molecule has 1 fully saturated rings. The van der Waals surface area contributed by atoms with Gasteiger partial charge in [0.05, 0.1) is 12.1 Å². The molecule has 1 saturated carbocycles. The maximum absolute atomic E-state index is 12.4. The Morgan fingerprint density at radius 2 is 1.59 bits per heavy atom. The predicted molar refractivity (Wildman–Crippen MR) is 107 cm³/mol. The lowest BCUT2D eigenvalue weighted by atomic mass is 9.95. The van der Waals surface area contributed by atoms with Crippen LogP contribution in [0.5, 0.6) is 5.75 Å². The van der Waals surface area contributed by atoms with E-state index in [-0.39, 0.29) is 17.9 Å². The molecule has 2 amide bonds. The second-order valence-electron chi connectivity index (χ2n) is 6.69. The molecule has 2 N–H and O–H groups in total. The normalized spacial score (nSPS) is 14.4. The molecule has 142 valence electrons. The van der Waals surface area contributed by atoms with Crippen LogP contribution in [0.15, 0.2) is 42.5 Å². The summed E-state index contributed by atoms with van der Waals surface area (Å²) in [6, 6.07) is 11.9. The summed E-state index contributed by atoms with van der Waals surface area (Å²) in [5, 5.41) is 6.28. The fourth-order valence-corrected chi connectivity index (χ4v) is 3.49. The predicted octanol–water partition coefficient (Wildman–Crippen LogP) is 4.66. The number of halogens is 1. The summed E-state index contributed by atoms with van der Waals surface area (Å²) in [5.41, 5.74) is 1.60. The molecule has 0 aliphatic heterocycles. The van der Waals surface area contributed by atoms with E-state index in [2.05, 4.69) is 10.6 Å². The quantitative estimate of drug-likeness (QED) is 0.785. The van der Waals surface area contributed by atoms with Crippen LogP contribution in [0.3, 0.4) is 0 Å². The van der Waals surface area contributed by atoms with Gasteiger partial charge in [0.15, 0.2) is 0 Å². The van der Waals surface area contributed by atoms with E-state index in [1.165, 1.54) is 26.4 Å². The zero-order valence-corrected chi connectivity index (χ0v) is 16.0. The molecule has 6 heteroatoms. The number of hydrogen-bond donors (Lipinski definition) is 2. The van der Waals surface area contributed by atoms with Gasteiger partial charge in [0.25, 0.3) is 11.8 Å². The molecule has 5 nitrogen and oxygen atoms in total. The lowest BCUT2D eigenvalue weighted by Crippen LogP contribution is -2.36. The van der Waals surface area contributed by atoms with E-state index in [0.29, 0.717) is 27.6 Å². The third-order valence-electron chi connectivity index (χ3n) is 4.76. The molecular weight excluding hydrogens is 364 g/mol. The Labute approximate surface area is 164 Å². The number of ether oxygens (including phenoxy) is 1. The second kappa shape index (κ2) is 8.91. The zero-order chi connectivity index (χ0) is 19.2. The van der Waals surface area contributed by atoms with Crippen molar-refractivity contribution in [3.8, 4) is 5.75 Å². The Kier molecular flexibility index (Phi) is 6.35. The molecule has 0 spiro atoms. The first-order valence-electron chi connectivity index (χ1n) is 9.12. The fourth-order valence-electron chi connectivity index (χ4n) is 3.24. The molecule has 3 rings (SSSR count). The molecular formula is C21H23ClN2O3. The van der Waals surface area contributed by atoms with Gasteiger partial charge < -0.3 is 15.4 Å². The average Bonchev–Trinajstić information content (AvgIpc) is 2.69. The van der Waals surface area contributed by atoms with E-state index >= 15 is 0 Å². The number of nitrogens with one attached hydrogen (secondary N) is 2. The van der Waals surface area contributed by atoms with Gasteiger partial charge in [0.2, 0.25) is 0 Å². The van der Waals surface area contributed by atoms with E-state index in [1.807, 2.05) is 0 Å². The molecule has 0 aromatic heterocycles. The first-order valence-corrected chi connectivity index (χ1v) is 9.50. The largest absolute Gasteiger partial charge is 0.495 e. The highest BCUT2D eigenvalue weighted by atomic mass is 35.5. The Balaban J connectivity index is 1.61. The number of amides is 2. The summed E-state index contributed by atoms with van der Waals surface area (Å²) in [4.78, 5) is 24.7. The minimum Gasteiger partial charge on any atom is -0.495 e. The van der Waals surface area contributed by atoms with Crippen molar-refractivity contribution < 1.29 is 14.3 Å². The number of benzene rings is 2. The van der Waals surface area contributed by atoms with E-state index in [4.69, 9.17) is 16.3 Å². The van der Waals surface area contributed by atoms with E-state index in [1.54, 1.807) is 42.5 Å². The van der Waals surface area contributed by atoms with E-state index in [0.717, 1.165) is 12.8 Å². The number of carbonyl (C=O) groups excluding carboxylic acids is 2. The topological polar surface area (TPSA) is 67.4 Å². The number of carbonyl (C=O) groups is 2. The zero-order valence-electron chi connectivity index (χ0n) is 15.3. The maximum atomic E-state index is 12.4. The first kappa shape index (κ1) is 19.2. The number of rotatable bonds is 5. The third-order valence-corrected chi connectivity index (χ3v) is 5.05. The summed E-state index contributed by atoms with van der Waals surface area (Å²) in [6.45, 7) is 0. The van der Waals surface area contributed by atoms with Crippen molar-refractivity contribution in [2.24, 2.45) is 0 Å². The van der Waals surface area contributed by atoms with Crippen molar-refractivity contribution >= 4 is 29.1 Å². The highest BCUT2D eigenvalue weighted by Gasteiger charge is 2.17. The van der Waals surface area contributed by atoms with Crippen LogP contribution in [0.1, 0.15) is 52.8 Å². The number of hydrogen-bond acceptors (Lipinski definition) is 3. The molecule has 2 aromatic carbocycles. The third kappa shape index (κ3) is 5.01. The van der Waals surface area contributed by atoms with Crippen molar-refractivity contribution in [1.82, 2.24) is 5.32 Å². The molecule has 0 unspecified atom stereocenters. The van der Waals surface area contributed by atoms with Gasteiger partial charge in [-0.15, -0.1) is 0 Å². The van der Waals surface area contributed by atoms with Crippen LogP contribution < -0.4 is 15.4 Å². The van der Waals surface area contributed by atoms with E-state index < -0.39 is 0 Å². The van der Waals surface area contributed by atoms with Crippen LogP contribution in [0.2, 0.25) is 5.02 Å². The molecule has 2 aromatic rings. The van der Waals surface area contributed by atoms with Crippen molar-refractivity contribution in [3.05, 3.63) is 58.6 Å². The van der Waals surface area contributed by atoms with Crippen LogP contribution in [-0.4, -0.2) is 25.0 Å². The van der Waals surface area contributed by atoms with Gasteiger partial charge in [-0.3, -0.25) is 9.59 Å². The van der Waals surface area contributed by atoms with Gasteiger partial charge in [-0.1, -0.05) is 30.9 Å². The standard InChI is InChI=1S/C21H23ClN2O3/c1-27-19-12-11-17(13-18(19)22)24-21(26)15-9-7-14(8-10-15)20(25)23-16-5-3-2-4-6-16/h7-13,16H,2-6H2,1H3,(H,23,25)(H,24,26). The SMILES string of the molecule is COc1ccc(NC(=O)c2ccc(C(=O)NC3CCCCC3)cc2)cc1Cl. The minimum atomic E-state index is -0.268. The van der Waals surface area contributed by atoms with Crippen LogP contribution in [-0.2, 0) is 0 Å². The Morgan fingerprint density at radius 1 is 0.963 bits per heavy atom. The average molecular weight is 387 g/mol. The summed E-state index contributed by atoms with van der Waals surface area (Å²) in [5.74, 6) is 0.189. The van der Waals surface area contributed by atoms with Gasteiger partial charge in [0.1, 0.15) is 5.75 Å². The molecule has 0 saturated heterocycles. The monoisotopic (exact) mass is 386 g/mol. The summed E-state index contributed by atoms with van der Waals surface area (Å²) in [7, 11) is 1.53. The first-order chi connectivity index (χ1) is 13.1. The van der Waals surface area contributed by atoms with E-state index in [9.17, 15) is 9.59 Å². The smallest absolute Gasteiger partial charge is 0.255 e.